The van der Waals surface area contributed by atoms with Gasteiger partial charge in [-0.1, -0.05) is 29.8 Å². The summed E-state index contributed by atoms with van der Waals surface area (Å²) in [6, 6.07) is 15.4. The van der Waals surface area contributed by atoms with Gasteiger partial charge in [0.25, 0.3) is 0 Å². The van der Waals surface area contributed by atoms with Crippen molar-refractivity contribution in [3.05, 3.63) is 76.1 Å². The van der Waals surface area contributed by atoms with Crippen molar-refractivity contribution < 1.29 is 9.66 Å². The number of para-hydroxylation sites is 1. The summed E-state index contributed by atoms with van der Waals surface area (Å²) < 4.78 is 5.51. The number of halogens is 1. The van der Waals surface area contributed by atoms with Crippen molar-refractivity contribution in [1.82, 2.24) is 9.97 Å². The molecule has 7 nitrogen and oxygen atoms in total. The fourth-order valence-electron chi connectivity index (χ4n) is 1.96. The predicted octanol–water partition coefficient (Wildman–Crippen LogP) is 4.57. The summed E-state index contributed by atoms with van der Waals surface area (Å²) >= 11 is 5.83. The second-order valence-corrected chi connectivity index (χ2v) is 5.12. The standard InChI is InChI=1S/C16H11ClN4O3/c17-11-6-8-12(9-7-11)20-15-14(21(22)23)16(19-10-18-15)24-13-4-2-1-3-5-13/h1-10H,(H,18,19,20). The van der Waals surface area contributed by atoms with E-state index in [1.54, 1.807) is 48.5 Å². The molecule has 3 aromatic rings. The molecule has 0 atom stereocenters. The highest BCUT2D eigenvalue weighted by Crippen LogP contribution is 2.35. The zero-order chi connectivity index (χ0) is 16.9. The molecule has 0 amide bonds. The van der Waals surface area contributed by atoms with Gasteiger partial charge in [-0.3, -0.25) is 10.1 Å². The Hall–Kier alpha value is -3.19. The van der Waals surface area contributed by atoms with Gasteiger partial charge in [-0.05, 0) is 36.4 Å². The van der Waals surface area contributed by atoms with Crippen LogP contribution in [0.4, 0.5) is 17.2 Å². The van der Waals surface area contributed by atoms with Crippen molar-refractivity contribution in [2.75, 3.05) is 5.32 Å². The first-order valence-corrected chi connectivity index (χ1v) is 7.26. The summed E-state index contributed by atoms with van der Waals surface area (Å²) in [7, 11) is 0. The van der Waals surface area contributed by atoms with Crippen LogP contribution < -0.4 is 10.1 Å². The van der Waals surface area contributed by atoms with E-state index in [0.29, 0.717) is 16.5 Å². The molecule has 1 heterocycles. The Morgan fingerprint density at radius 1 is 1.04 bits per heavy atom. The van der Waals surface area contributed by atoms with Crippen LogP contribution in [-0.2, 0) is 0 Å². The van der Waals surface area contributed by atoms with Crippen LogP contribution in [0.5, 0.6) is 11.6 Å². The number of aromatic nitrogens is 2. The molecule has 0 aliphatic rings. The third-order valence-electron chi connectivity index (χ3n) is 3.04. The molecule has 2 aromatic carbocycles. The summed E-state index contributed by atoms with van der Waals surface area (Å²) in [6.45, 7) is 0. The highest BCUT2D eigenvalue weighted by molar-refractivity contribution is 6.30. The Labute approximate surface area is 142 Å². The van der Waals surface area contributed by atoms with E-state index in [2.05, 4.69) is 15.3 Å². The van der Waals surface area contributed by atoms with Crippen LogP contribution in [-0.4, -0.2) is 14.9 Å². The van der Waals surface area contributed by atoms with Crippen molar-refractivity contribution >= 4 is 28.8 Å². The van der Waals surface area contributed by atoms with E-state index in [-0.39, 0.29) is 17.4 Å². The Morgan fingerprint density at radius 2 is 1.75 bits per heavy atom. The lowest BCUT2D eigenvalue weighted by molar-refractivity contribution is -0.385. The van der Waals surface area contributed by atoms with E-state index in [1.807, 2.05) is 6.07 Å². The molecule has 1 aromatic heterocycles. The molecular weight excluding hydrogens is 332 g/mol. The molecule has 120 valence electrons. The van der Waals surface area contributed by atoms with Gasteiger partial charge in [0.05, 0.1) is 4.92 Å². The maximum absolute atomic E-state index is 11.5. The second-order valence-electron chi connectivity index (χ2n) is 4.68. The Kier molecular flexibility index (Phi) is 4.53. The number of rotatable bonds is 5. The molecule has 1 N–H and O–H groups in total. The molecule has 0 radical (unpaired) electrons. The molecule has 24 heavy (non-hydrogen) atoms. The third-order valence-corrected chi connectivity index (χ3v) is 3.29. The number of nitrogens with one attached hydrogen (secondary N) is 1. The van der Waals surface area contributed by atoms with Crippen molar-refractivity contribution in [3.8, 4) is 11.6 Å². The topological polar surface area (TPSA) is 90.2 Å². The van der Waals surface area contributed by atoms with E-state index >= 15 is 0 Å². The fraction of sp³-hybridized carbons (Fsp3) is 0. The molecule has 3 rings (SSSR count). The number of ether oxygens (including phenoxy) is 1. The Morgan fingerprint density at radius 3 is 2.42 bits per heavy atom. The number of nitrogens with zero attached hydrogens (tertiary/aromatic N) is 3. The molecule has 0 aliphatic heterocycles. The third kappa shape index (κ3) is 3.58. The number of nitro groups is 1. The van der Waals surface area contributed by atoms with Gasteiger partial charge in [-0.25, -0.2) is 4.98 Å². The van der Waals surface area contributed by atoms with Gasteiger partial charge < -0.3 is 10.1 Å². The first-order chi connectivity index (χ1) is 11.6. The lowest BCUT2D eigenvalue weighted by atomic mass is 10.3. The van der Waals surface area contributed by atoms with Crippen molar-refractivity contribution in [1.29, 1.82) is 0 Å². The molecule has 8 heteroatoms. The van der Waals surface area contributed by atoms with E-state index in [9.17, 15) is 10.1 Å². The summed E-state index contributed by atoms with van der Waals surface area (Å²) in [6.07, 6.45) is 1.20. The van der Waals surface area contributed by atoms with Crippen molar-refractivity contribution in [3.63, 3.8) is 0 Å². The largest absolute Gasteiger partial charge is 0.434 e. The summed E-state index contributed by atoms with van der Waals surface area (Å²) in [4.78, 5) is 18.7. The van der Waals surface area contributed by atoms with Crippen LogP contribution in [0.15, 0.2) is 60.9 Å². The minimum absolute atomic E-state index is 0.0308. The molecule has 0 aliphatic carbocycles. The quantitative estimate of drug-likeness (QED) is 0.539. The SMILES string of the molecule is O=[N+]([O-])c1c(Nc2ccc(Cl)cc2)ncnc1Oc1ccccc1. The molecule has 0 saturated heterocycles. The van der Waals surface area contributed by atoms with Gasteiger partial charge >= 0.3 is 11.6 Å². The smallest absolute Gasteiger partial charge is 0.373 e. The van der Waals surface area contributed by atoms with E-state index in [1.165, 1.54) is 6.33 Å². The number of hydrogen-bond donors (Lipinski definition) is 1. The van der Waals surface area contributed by atoms with Crippen LogP contribution >= 0.6 is 11.6 Å². The number of anilines is 2. The van der Waals surface area contributed by atoms with Gasteiger partial charge in [-0.15, -0.1) is 0 Å². The van der Waals surface area contributed by atoms with Gasteiger partial charge in [0.15, 0.2) is 0 Å². The maximum Gasteiger partial charge on any atom is 0.373 e. The normalized spacial score (nSPS) is 10.2. The molecular formula is C16H11ClN4O3. The van der Waals surface area contributed by atoms with Gasteiger partial charge in [0.1, 0.15) is 12.1 Å². The lowest BCUT2D eigenvalue weighted by Gasteiger charge is -2.09. The monoisotopic (exact) mass is 342 g/mol. The minimum Gasteiger partial charge on any atom is -0.434 e. The van der Waals surface area contributed by atoms with Gasteiger partial charge in [0.2, 0.25) is 5.82 Å². The molecule has 0 fully saturated rings. The van der Waals surface area contributed by atoms with E-state index in [0.717, 1.165) is 0 Å². The van der Waals surface area contributed by atoms with Crippen LogP contribution in [0.25, 0.3) is 0 Å². The first kappa shape index (κ1) is 15.7. The van der Waals surface area contributed by atoms with Gasteiger partial charge in [-0.2, -0.15) is 4.98 Å². The Bertz CT molecular complexity index is 857. The molecule has 0 saturated carbocycles. The van der Waals surface area contributed by atoms with Gasteiger partial charge in [0, 0.05) is 10.7 Å². The minimum atomic E-state index is -0.587. The van der Waals surface area contributed by atoms with Crippen LogP contribution in [0.2, 0.25) is 5.02 Å². The molecule has 0 spiro atoms. The van der Waals surface area contributed by atoms with Crippen LogP contribution in [0.3, 0.4) is 0 Å². The first-order valence-electron chi connectivity index (χ1n) is 6.88. The highest BCUT2D eigenvalue weighted by Gasteiger charge is 2.25. The summed E-state index contributed by atoms with van der Waals surface area (Å²) in [5.41, 5.74) is 0.253. The number of benzene rings is 2. The summed E-state index contributed by atoms with van der Waals surface area (Å²) in [5, 5.41) is 14.9. The van der Waals surface area contributed by atoms with Crippen molar-refractivity contribution in [2.24, 2.45) is 0 Å². The number of hydrogen-bond acceptors (Lipinski definition) is 6. The average Bonchev–Trinajstić information content (AvgIpc) is 2.58. The average molecular weight is 343 g/mol. The maximum atomic E-state index is 11.5. The molecule has 0 bridgehead atoms. The van der Waals surface area contributed by atoms with E-state index in [4.69, 9.17) is 16.3 Å². The second kappa shape index (κ2) is 6.93. The van der Waals surface area contributed by atoms with Crippen LogP contribution in [0.1, 0.15) is 0 Å². The van der Waals surface area contributed by atoms with Crippen LogP contribution in [0, 0.1) is 10.1 Å². The zero-order valence-corrected chi connectivity index (χ0v) is 13.0. The van der Waals surface area contributed by atoms with Crippen molar-refractivity contribution in [2.45, 2.75) is 0 Å². The van der Waals surface area contributed by atoms with E-state index < -0.39 is 4.92 Å². The lowest BCUT2D eigenvalue weighted by Crippen LogP contribution is -2.03. The zero-order valence-electron chi connectivity index (χ0n) is 12.2. The highest BCUT2D eigenvalue weighted by atomic mass is 35.5. The predicted molar refractivity (Wildman–Crippen MR) is 89.9 cm³/mol. The fourth-order valence-corrected chi connectivity index (χ4v) is 2.09. The summed E-state index contributed by atoms with van der Waals surface area (Å²) in [5.74, 6) is 0.331. The molecule has 0 unspecified atom stereocenters. The Balaban J connectivity index is 1.96.